The monoisotopic (exact) mass is 397 g/mol. The van der Waals surface area contributed by atoms with Gasteiger partial charge < -0.3 is 5.32 Å². The second-order valence-electron chi connectivity index (χ2n) is 8.02. The lowest BCUT2D eigenvalue weighted by atomic mass is 9.86. The van der Waals surface area contributed by atoms with E-state index in [0.29, 0.717) is 27.3 Å². The van der Waals surface area contributed by atoms with Gasteiger partial charge in [-0.2, -0.15) is 0 Å². The van der Waals surface area contributed by atoms with Crippen LogP contribution in [0.1, 0.15) is 55.5 Å². The van der Waals surface area contributed by atoms with E-state index in [1.54, 1.807) is 32.2 Å². The molecule has 0 spiro atoms. The second-order valence-corrected chi connectivity index (χ2v) is 8.45. The van der Waals surface area contributed by atoms with Gasteiger partial charge in [-0.15, -0.1) is 0 Å². The van der Waals surface area contributed by atoms with Gasteiger partial charge in [0.05, 0.1) is 16.9 Å². The number of carbonyl (C=O) groups is 1. The number of carbonyl (C=O) groups excluding carboxylic acids is 1. The third-order valence-corrected chi connectivity index (χ3v) is 5.06. The number of rotatable bonds is 3. The second kappa shape index (κ2) is 7.40. The van der Waals surface area contributed by atoms with Crippen molar-refractivity contribution in [1.29, 1.82) is 0 Å². The van der Waals surface area contributed by atoms with Crippen LogP contribution in [0.5, 0.6) is 0 Å². The van der Waals surface area contributed by atoms with Crippen molar-refractivity contribution in [2.24, 2.45) is 7.05 Å². The highest BCUT2D eigenvalue weighted by Crippen LogP contribution is 2.22. The van der Waals surface area contributed by atoms with Crippen LogP contribution in [0.15, 0.2) is 47.3 Å². The molecule has 0 aliphatic carbocycles. The molecule has 2 aromatic carbocycles. The Balaban J connectivity index is 1.88. The lowest BCUT2D eigenvalue weighted by Gasteiger charge is -2.20. The lowest BCUT2D eigenvalue weighted by molar-refractivity contribution is 0.0937. The fourth-order valence-corrected chi connectivity index (χ4v) is 3.28. The van der Waals surface area contributed by atoms with Crippen LogP contribution in [-0.2, 0) is 12.5 Å². The number of benzene rings is 2. The molecule has 0 fully saturated rings. The quantitative estimate of drug-likeness (QED) is 0.713. The van der Waals surface area contributed by atoms with Gasteiger partial charge in [0.15, 0.2) is 0 Å². The summed E-state index contributed by atoms with van der Waals surface area (Å²) in [4.78, 5) is 29.8. The molecule has 6 heteroatoms. The average Bonchev–Trinajstić information content (AvgIpc) is 2.63. The van der Waals surface area contributed by atoms with Gasteiger partial charge >= 0.3 is 0 Å². The van der Waals surface area contributed by atoms with Crippen molar-refractivity contribution >= 4 is 28.4 Å². The number of nitrogens with zero attached hydrogens (tertiary/aromatic N) is 2. The van der Waals surface area contributed by atoms with Crippen molar-refractivity contribution in [3.8, 4) is 0 Å². The average molecular weight is 398 g/mol. The van der Waals surface area contributed by atoms with Gasteiger partial charge in [-0.1, -0.05) is 44.5 Å². The zero-order valence-electron chi connectivity index (χ0n) is 16.7. The molecular formula is C22H24ClN3O2. The van der Waals surface area contributed by atoms with Gasteiger partial charge in [0.1, 0.15) is 5.82 Å². The molecular weight excluding hydrogens is 374 g/mol. The van der Waals surface area contributed by atoms with E-state index in [4.69, 9.17) is 11.6 Å². The first-order valence-corrected chi connectivity index (χ1v) is 9.53. The molecule has 1 amide bonds. The number of hydrogen-bond acceptors (Lipinski definition) is 3. The molecule has 146 valence electrons. The smallest absolute Gasteiger partial charge is 0.261 e. The summed E-state index contributed by atoms with van der Waals surface area (Å²) in [5, 5.41) is 3.93. The molecule has 1 aromatic heterocycles. The Morgan fingerprint density at radius 2 is 1.79 bits per heavy atom. The molecule has 0 unspecified atom stereocenters. The topological polar surface area (TPSA) is 64.0 Å². The number of hydrogen-bond donors (Lipinski definition) is 1. The zero-order valence-corrected chi connectivity index (χ0v) is 17.5. The lowest BCUT2D eigenvalue weighted by Crippen LogP contribution is -2.32. The molecule has 3 aromatic rings. The summed E-state index contributed by atoms with van der Waals surface area (Å²) in [6, 6.07) is 12.1. The number of halogens is 1. The normalized spacial score (nSPS) is 12.8. The molecule has 0 radical (unpaired) electrons. The molecule has 1 atom stereocenters. The first-order chi connectivity index (χ1) is 13.1. The maximum atomic E-state index is 12.7. The molecule has 0 bridgehead atoms. The Hall–Kier alpha value is -2.66. The third kappa shape index (κ3) is 3.94. The van der Waals surface area contributed by atoms with Gasteiger partial charge in [0.25, 0.3) is 11.5 Å². The Kier molecular flexibility index (Phi) is 5.31. The summed E-state index contributed by atoms with van der Waals surface area (Å²) >= 11 is 6.03. The van der Waals surface area contributed by atoms with E-state index in [-0.39, 0.29) is 16.9 Å². The SMILES string of the molecule is C[C@@H](NC(=O)c1ccc(C(C)(C)C)cc1)c1nc2cc(Cl)ccc2c(=O)n1C. The number of fused-ring (bicyclic) bond motifs is 1. The fourth-order valence-electron chi connectivity index (χ4n) is 3.11. The highest BCUT2D eigenvalue weighted by atomic mass is 35.5. The van der Waals surface area contributed by atoms with Gasteiger partial charge in [-0.25, -0.2) is 4.98 Å². The molecule has 0 aliphatic rings. The van der Waals surface area contributed by atoms with Gasteiger partial charge in [-0.3, -0.25) is 14.2 Å². The zero-order chi connectivity index (χ0) is 20.6. The van der Waals surface area contributed by atoms with E-state index < -0.39 is 6.04 Å². The van der Waals surface area contributed by atoms with Crippen LogP contribution in [0.25, 0.3) is 10.9 Å². The fraction of sp³-hybridized carbons (Fsp3) is 0.318. The van der Waals surface area contributed by atoms with E-state index in [0.717, 1.165) is 5.56 Å². The molecule has 0 aliphatic heterocycles. The highest BCUT2D eigenvalue weighted by Gasteiger charge is 2.19. The van der Waals surface area contributed by atoms with Gasteiger partial charge in [-0.05, 0) is 48.2 Å². The number of aromatic nitrogens is 2. The van der Waals surface area contributed by atoms with E-state index in [9.17, 15) is 9.59 Å². The van der Waals surface area contributed by atoms with Gasteiger partial charge in [0.2, 0.25) is 0 Å². The standard InChI is InChI=1S/C22H24ClN3O2/c1-13(24-20(27)14-6-8-15(9-7-14)22(2,3)4)19-25-18-12-16(23)10-11-17(18)21(28)26(19)5/h6-13H,1-5H3,(H,24,27)/t13-/m1/s1. The van der Waals surface area contributed by atoms with E-state index in [1.807, 2.05) is 24.3 Å². The van der Waals surface area contributed by atoms with Gasteiger partial charge in [0, 0.05) is 17.6 Å². The largest absolute Gasteiger partial charge is 0.342 e. The predicted octanol–water partition coefficient (Wildman–Crippen LogP) is 4.38. The maximum absolute atomic E-state index is 12.7. The maximum Gasteiger partial charge on any atom is 0.261 e. The number of amides is 1. The van der Waals surface area contributed by atoms with Crippen LogP contribution in [0.3, 0.4) is 0 Å². The summed E-state index contributed by atoms with van der Waals surface area (Å²) in [5.41, 5.74) is 2.09. The minimum atomic E-state index is -0.448. The Morgan fingerprint density at radius 1 is 1.14 bits per heavy atom. The summed E-state index contributed by atoms with van der Waals surface area (Å²) in [6.07, 6.45) is 0. The summed E-state index contributed by atoms with van der Waals surface area (Å²) in [5.74, 6) is 0.257. The van der Waals surface area contributed by atoms with Crippen molar-refractivity contribution in [3.05, 3.63) is 74.8 Å². The number of nitrogens with one attached hydrogen (secondary N) is 1. The van der Waals surface area contributed by atoms with Crippen LogP contribution in [0.2, 0.25) is 5.02 Å². The van der Waals surface area contributed by atoms with E-state index in [2.05, 4.69) is 31.1 Å². The highest BCUT2D eigenvalue weighted by molar-refractivity contribution is 6.31. The first kappa shape index (κ1) is 20.1. The van der Waals surface area contributed by atoms with Crippen LogP contribution >= 0.6 is 11.6 Å². The Morgan fingerprint density at radius 3 is 2.39 bits per heavy atom. The van der Waals surface area contributed by atoms with E-state index >= 15 is 0 Å². The van der Waals surface area contributed by atoms with Crippen molar-refractivity contribution in [1.82, 2.24) is 14.9 Å². The Labute approximate surface area is 169 Å². The summed E-state index contributed by atoms with van der Waals surface area (Å²) in [7, 11) is 1.65. The molecule has 0 saturated heterocycles. The van der Waals surface area contributed by atoms with Crippen molar-refractivity contribution in [3.63, 3.8) is 0 Å². The van der Waals surface area contributed by atoms with Crippen molar-refractivity contribution < 1.29 is 4.79 Å². The van der Waals surface area contributed by atoms with Crippen LogP contribution < -0.4 is 10.9 Å². The van der Waals surface area contributed by atoms with Crippen LogP contribution in [-0.4, -0.2) is 15.5 Å². The first-order valence-electron chi connectivity index (χ1n) is 9.15. The van der Waals surface area contributed by atoms with Crippen molar-refractivity contribution in [2.75, 3.05) is 0 Å². The summed E-state index contributed by atoms with van der Waals surface area (Å²) < 4.78 is 1.46. The van der Waals surface area contributed by atoms with Crippen molar-refractivity contribution in [2.45, 2.75) is 39.2 Å². The van der Waals surface area contributed by atoms with Crippen LogP contribution in [0, 0.1) is 0 Å². The minimum Gasteiger partial charge on any atom is -0.342 e. The molecule has 3 rings (SSSR count). The molecule has 1 heterocycles. The minimum absolute atomic E-state index is 0.0247. The van der Waals surface area contributed by atoms with Crippen LogP contribution in [0.4, 0.5) is 0 Å². The molecule has 0 saturated carbocycles. The molecule has 5 nitrogen and oxygen atoms in total. The molecule has 1 N–H and O–H groups in total. The summed E-state index contributed by atoms with van der Waals surface area (Å²) in [6.45, 7) is 8.19. The third-order valence-electron chi connectivity index (χ3n) is 4.82. The van der Waals surface area contributed by atoms with E-state index in [1.165, 1.54) is 4.57 Å². The predicted molar refractivity (Wildman–Crippen MR) is 113 cm³/mol. The Bertz CT molecular complexity index is 1100. The molecule has 28 heavy (non-hydrogen) atoms.